The number of hydrogen-bond donors (Lipinski definition) is 3. The van der Waals surface area contributed by atoms with E-state index in [0.29, 0.717) is 6.54 Å². The third-order valence-corrected chi connectivity index (χ3v) is 3.63. The molecule has 6 heteroatoms. The van der Waals surface area contributed by atoms with Gasteiger partial charge >= 0.3 is 12.0 Å². The molecule has 1 aliphatic carbocycles. The molecular formula is C14H19N3O3. The minimum absolute atomic E-state index is 0.00915. The van der Waals surface area contributed by atoms with Crippen LogP contribution in [0.2, 0.25) is 0 Å². The first-order valence-electron chi connectivity index (χ1n) is 6.76. The molecule has 2 rings (SSSR count). The van der Waals surface area contributed by atoms with E-state index < -0.39 is 11.5 Å². The van der Waals surface area contributed by atoms with Crippen molar-refractivity contribution in [2.24, 2.45) is 0 Å². The second kappa shape index (κ2) is 6.36. The quantitative estimate of drug-likeness (QED) is 0.731. The number of nitrogens with one attached hydrogen (secondary N) is 2. The molecule has 0 saturated heterocycles. The summed E-state index contributed by atoms with van der Waals surface area (Å²) in [6.07, 6.45) is 6.57. The standard InChI is InChI=1S/C14H19N3O3/c18-12(19)10-14(5-1-6-14)17-13(20)16-9-4-11-2-7-15-8-3-11/h2-3,7-8H,1,4-6,9-10H2,(H,18,19)(H2,16,17,20). The molecule has 0 spiro atoms. The minimum atomic E-state index is -0.873. The highest BCUT2D eigenvalue weighted by Gasteiger charge is 2.40. The Balaban J connectivity index is 1.73. The molecule has 1 aliphatic rings. The first-order valence-corrected chi connectivity index (χ1v) is 6.76. The van der Waals surface area contributed by atoms with Gasteiger partial charge in [-0.3, -0.25) is 9.78 Å². The van der Waals surface area contributed by atoms with Crippen LogP contribution in [-0.2, 0) is 11.2 Å². The van der Waals surface area contributed by atoms with Gasteiger partial charge in [-0.05, 0) is 43.4 Å². The van der Waals surface area contributed by atoms with Crippen molar-refractivity contribution in [1.82, 2.24) is 15.6 Å². The molecule has 1 saturated carbocycles. The van der Waals surface area contributed by atoms with Gasteiger partial charge < -0.3 is 15.7 Å². The molecule has 0 atom stereocenters. The SMILES string of the molecule is O=C(O)CC1(NC(=O)NCCc2ccncc2)CCC1. The van der Waals surface area contributed by atoms with Gasteiger partial charge in [-0.2, -0.15) is 0 Å². The second-order valence-corrected chi connectivity index (χ2v) is 5.19. The smallest absolute Gasteiger partial charge is 0.315 e. The van der Waals surface area contributed by atoms with Crippen LogP contribution in [0.5, 0.6) is 0 Å². The summed E-state index contributed by atoms with van der Waals surface area (Å²) in [7, 11) is 0. The third-order valence-electron chi connectivity index (χ3n) is 3.63. The minimum Gasteiger partial charge on any atom is -0.481 e. The molecule has 6 nitrogen and oxygen atoms in total. The third kappa shape index (κ3) is 3.94. The number of pyridine rings is 1. The van der Waals surface area contributed by atoms with E-state index in [2.05, 4.69) is 15.6 Å². The van der Waals surface area contributed by atoms with Gasteiger partial charge in [0.05, 0.1) is 12.0 Å². The summed E-state index contributed by atoms with van der Waals surface area (Å²) >= 11 is 0. The van der Waals surface area contributed by atoms with Crippen LogP contribution in [-0.4, -0.2) is 34.2 Å². The molecule has 108 valence electrons. The van der Waals surface area contributed by atoms with E-state index in [9.17, 15) is 9.59 Å². The van der Waals surface area contributed by atoms with Crippen molar-refractivity contribution in [3.63, 3.8) is 0 Å². The summed E-state index contributed by atoms with van der Waals surface area (Å²) in [6, 6.07) is 3.51. The molecule has 0 radical (unpaired) electrons. The molecule has 0 unspecified atom stereocenters. The van der Waals surface area contributed by atoms with Crippen LogP contribution in [0.1, 0.15) is 31.2 Å². The van der Waals surface area contributed by atoms with Crippen LogP contribution < -0.4 is 10.6 Å². The maximum absolute atomic E-state index is 11.8. The zero-order valence-electron chi connectivity index (χ0n) is 11.3. The number of aromatic nitrogens is 1. The number of carbonyl (C=O) groups is 2. The predicted molar refractivity (Wildman–Crippen MR) is 73.3 cm³/mol. The lowest BCUT2D eigenvalue weighted by atomic mass is 9.74. The van der Waals surface area contributed by atoms with E-state index in [1.807, 2.05) is 12.1 Å². The first-order chi connectivity index (χ1) is 9.60. The normalized spacial score (nSPS) is 16.0. The molecule has 1 aromatic rings. The monoisotopic (exact) mass is 277 g/mol. The maximum atomic E-state index is 11.8. The Bertz CT molecular complexity index is 472. The first kappa shape index (κ1) is 14.3. The largest absolute Gasteiger partial charge is 0.481 e. The number of nitrogens with zero attached hydrogens (tertiary/aromatic N) is 1. The summed E-state index contributed by atoms with van der Waals surface area (Å²) in [4.78, 5) is 26.5. The number of amides is 2. The number of aliphatic carboxylic acids is 1. The number of carboxylic acids is 1. The molecule has 2 amide bonds. The molecule has 20 heavy (non-hydrogen) atoms. The molecule has 1 aromatic heterocycles. The van der Waals surface area contributed by atoms with Crippen molar-refractivity contribution >= 4 is 12.0 Å². The Morgan fingerprint density at radius 1 is 1.30 bits per heavy atom. The Morgan fingerprint density at radius 3 is 2.55 bits per heavy atom. The van der Waals surface area contributed by atoms with Crippen LogP contribution in [0.3, 0.4) is 0 Å². The van der Waals surface area contributed by atoms with E-state index in [1.165, 1.54) is 0 Å². The van der Waals surface area contributed by atoms with Gasteiger partial charge in [0.2, 0.25) is 0 Å². The van der Waals surface area contributed by atoms with Crippen molar-refractivity contribution in [2.75, 3.05) is 6.54 Å². The molecule has 1 fully saturated rings. The molecule has 0 aromatic carbocycles. The average molecular weight is 277 g/mol. The average Bonchev–Trinajstić information content (AvgIpc) is 2.37. The molecule has 3 N–H and O–H groups in total. The second-order valence-electron chi connectivity index (χ2n) is 5.19. The fourth-order valence-electron chi connectivity index (χ4n) is 2.39. The summed E-state index contributed by atoms with van der Waals surface area (Å²) in [6.45, 7) is 0.513. The number of urea groups is 1. The van der Waals surface area contributed by atoms with E-state index in [4.69, 9.17) is 5.11 Å². The lowest BCUT2D eigenvalue weighted by Gasteiger charge is -2.41. The van der Waals surface area contributed by atoms with Crippen LogP contribution in [0.4, 0.5) is 4.79 Å². The molecule has 1 heterocycles. The van der Waals surface area contributed by atoms with Crippen LogP contribution in [0, 0.1) is 0 Å². The highest BCUT2D eigenvalue weighted by atomic mass is 16.4. The van der Waals surface area contributed by atoms with Crippen LogP contribution >= 0.6 is 0 Å². The summed E-state index contributed by atoms with van der Waals surface area (Å²) < 4.78 is 0. The molecule has 0 bridgehead atoms. The maximum Gasteiger partial charge on any atom is 0.315 e. The summed E-state index contributed by atoms with van der Waals surface area (Å²) in [5.41, 5.74) is 0.552. The summed E-state index contributed by atoms with van der Waals surface area (Å²) in [5, 5.41) is 14.4. The Hall–Kier alpha value is -2.11. The fourth-order valence-corrected chi connectivity index (χ4v) is 2.39. The van der Waals surface area contributed by atoms with Gasteiger partial charge in [0.1, 0.15) is 0 Å². The number of carbonyl (C=O) groups excluding carboxylic acids is 1. The van der Waals surface area contributed by atoms with Gasteiger partial charge in [0.25, 0.3) is 0 Å². The van der Waals surface area contributed by atoms with Crippen molar-refractivity contribution in [3.8, 4) is 0 Å². The van der Waals surface area contributed by atoms with Gasteiger partial charge in [-0.15, -0.1) is 0 Å². The number of rotatable bonds is 6. The summed E-state index contributed by atoms with van der Waals surface area (Å²) in [5.74, 6) is -0.873. The van der Waals surface area contributed by atoms with E-state index in [-0.39, 0.29) is 12.5 Å². The van der Waals surface area contributed by atoms with Crippen LogP contribution in [0.15, 0.2) is 24.5 Å². The topological polar surface area (TPSA) is 91.3 Å². The van der Waals surface area contributed by atoms with Crippen molar-refractivity contribution in [3.05, 3.63) is 30.1 Å². The zero-order chi connectivity index (χ0) is 14.4. The van der Waals surface area contributed by atoms with Crippen LogP contribution in [0.25, 0.3) is 0 Å². The lowest BCUT2D eigenvalue weighted by Crippen LogP contribution is -2.57. The highest BCUT2D eigenvalue weighted by Crippen LogP contribution is 2.34. The van der Waals surface area contributed by atoms with Crippen molar-refractivity contribution in [2.45, 2.75) is 37.6 Å². The van der Waals surface area contributed by atoms with Gasteiger partial charge in [-0.25, -0.2) is 4.79 Å². The predicted octanol–water partition coefficient (Wildman–Crippen LogP) is 1.32. The van der Waals surface area contributed by atoms with Crippen molar-refractivity contribution < 1.29 is 14.7 Å². The lowest BCUT2D eigenvalue weighted by molar-refractivity contribution is -0.139. The Morgan fingerprint density at radius 2 is 2.00 bits per heavy atom. The fraction of sp³-hybridized carbons (Fsp3) is 0.500. The van der Waals surface area contributed by atoms with Gasteiger partial charge in [0, 0.05) is 18.9 Å². The van der Waals surface area contributed by atoms with Gasteiger partial charge in [-0.1, -0.05) is 0 Å². The van der Waals surface area contributed by atoms with Gasteiger partial charge in [0.15, 0.2) is 0 Å². The van der Waals surface area contributed by atoms with E-state index >= 15 is 0 Å². The van der Waals surface area contributed by atoms with E-state index in [0.717, 1.165) is 31.2 Å². The zero-order valence-corrected chi connectivity index (χ0v) is 11.3. The van der Waals surface area contributed by atoms with Crippen molar-refractivity contribution in [1.29, 1.82) is 0 Å². The highest BCUT2D eigenvalue weighted by molar-refractivity contribution is 5.77. The Kier molecular flexibility index (Phi) is 4.55. The Labute approximate surface area is 117 Å². The molecular weight excluding hydrogens is 258 g/mol. The number of carboxylic acid groups (broad SMARTS) is 1. The molecule has 0 aliphatic heterocycles. The number of hydrogen-bond acceptors (Lipinski definition) is 3. The van der Waals surface area contributed by atoms with E-state index in [1.54, 1.807) is 12.4 Å².